The molecule has 1 unspecified atom stereocenters. The van der Waals surface area contributed by atoms with Gasteiger partial charge < -0.3 is 11.1 Å². The second-order valence-corrected chi connectivity index (χ2v) is 5.37. The van der Waals surface area contributed by atoms with Crippen molar-refractivity contribution in [1.82, 2.24) is 0 Å². The zero-order valence-corrected chi connectivity index (χ0v) is 12.4. The summed E-state index contributed by atoms with van der Waals surface area (Å²) in [5.41, 5.74) is 6.35. The number of carbonyl (C=O) groups excluding carboxylic acids is 1. The number of carbonyl (C=O) groups is 1. The second kappa shape index (κ2) is 8.14. The molecule has 0 heterocycles. The van der Waals surface area contributed by atoms with E-state index in [0.29, 0.717) is 0 Å². The van der Waals surface area contributed by atoms with Crippen LogP contribution in [0.15, 0.2) is 28.7 Å². The van der Waals surface area contributed by atoms with E-state index in [1.807, 2.05) is 24.3 Å². The number of rotatable bonds is 8. The fourth-order valence-corrected chi connectivity index (χ4v) is 2.07. The number of halogens is 1. The normalized spacial score (nSPS) is 12.1. The van der Waals surface area contributed by atoms with Crippen LogP contribution in [0.25, 0.3) is 0 Å². The maximum Gasteiger partial charge on any atom is 0.239 e. The van der Waals surface area contributed by atoms with Crippen LogP contribution in [0.5, 0.6) is 0 Å². The van der Waals surface area contributed by atoms with E-state index in [1.165, 1.54) is 12.8 Å². The van der Waals surface area contributed by atoms with Gasteiger partial charge in [-0.3, -0.25) is 4.79 Å². The van der Waals surface area contributed by atoms with E-state index < -0.39 is 0 Å². The molecule has 0 aliphatic heterocycles. The standard InChI is InChI=1S/C14H21BrN2O/c1-2-3-4-5-6-13(14(16)18)17-12-9-7-11(15)8-10-12/h7-10,13,17H,2-6H2,1H3,(H2,16,18). The summed E-state index contributed by atoms with van der Waals surface area (Å²) >= 11 is 3.38. The van der Waals surface area contributed by atoms with Crippen molar-refractivity contribution in [3.05, 3.63) is 28.7 Å². The van der Waals surface area contributed by atoms with E-state index in [4.69, 9.17) is 5.73 Å². The molecule has 0 fully saturated rings. The van der Waals surface area contributed by atoms with E-state index in [2.05, 4.69) is 28.2 Å². The molecule has 0 aliphatic carbocycles. The Balaban J connectivity index is 2.47. The molecule has 3 nitrogen and oxygen atoms in total. The first-order chi connectivity index (χ1) is 8.63. The number of benzene rings is 1. The van der Waals surface area contributed by atoms with Crippen LogP contribution in [0.2, 0.25) is 0 Å². The number of unbranched alkanes of at least 4 members (excludes halogenated alkanes) is 3. The smallest absolute Gasteiger partial charge is 0.239 e. The molecule has 0 saturated carbocycles. The topological polar surface area (TPSA) is 55.1 Å². The molecule has 1 amide bonds. The van der Waals surface area contributed by atoms with Crippen molar-refractivity contribution in [1.29, 1.82) is 0 Å². The van der Waals surface area contributed by atoms with Crippen LogP contribution in [-0.2, 0) is 4.79 Å². The Morgan fingerprint density at radius 3 is 2.50 bits per heavy atom. The molecule has 0 spiro atoms. The minimum Gasteiger partial charge on any atom is -0.374 e. The fourth-order valence-electron chi connectivity index (χ4n) is 1.81. The van der Waals surface area contributed by atoms with E-state index >= 15 is 0 Å². The van der Waals surface area contributed by atoms with Gasteiger partial charge in [0.25, 0.3) is 0 Å². The zero-order valence-electron chi connectivity index (χ0n) is 10.8. The van der Waals surface area contributed by atoms with Crippen LogP contribution in [0.1, 0.15) is 39.0 Å². The summed E-state index contributed by atoms with van der Waals surface area (Å²) in [4.78, 5) is 11.4. The number of nitrogens with one attached hydrogen (secondary N) is 1. The molecule has 100 valence electrons. The van der Waals surface area contributed by atoms with Crippen molar-refractivity contribution in [3.8, 4) is 0 Å². The lowest BCUT2D eigenvalue weighted by Crippen LogP contribution is -2.35. The summed E-state index contributed by atoms with van der Waals surface area (Å²) < 4.78 is 1.02. The predicted molar refractivity (Wildman–Crippen MR) is 79.5 cm³/mol. The maximum atomic E-state index is 11.4. The van der Waals surface area contributed by atoms with Crippen LogP contribution >= 0.6 is 15.9 Å². The zero-order chi connectivity index (χ0) is 13.4. The molecule has 1 atom stereocenters. The average molecular weight is 313 g/mol. The highest BCUT2D eigenvalue weighted by molar-refractivity contribution is 9.10. The third kappa shape index (κ3) is 5.54. The largest absolute Gasteiger partial charge is 0.374 e. The van der Waals surface area contributed by atoms with E-state index in [1.54, 1.807) is 0 Å². The Morgan fingerprint density at radius 2 is 1.94 bits per heavy atom. The summed E-state index contributed by atoms with van der Waals surface area (Å²) in [6, 6.07) is 7.48. The van der Waals surface area contributed by atoms with Crippen LogP contribution < -0.4 is 11.1 Å². The Labute approximate surface area is 117 Å². The molecular formula is C14H21BrN2O. The molecule has 0 aromatic heterocycles. The molecule has 0 saturated heterocycles. The molecular weight excluding hydrogens is 292 g/mol. The quantitative estimate of drug-likeness (QED) is 0.719. The van der Waals surface area contributed by atoms with Crippen LogP contribution in [-0.4, -0.2) is 11.9 Å². The molecule has 1 aromatic carbocycles. The Morgan fingerprint density at radius 1 is 1.28 bits per heavy atom. The number of hydrogen-bond donors (Lipinski definition) is 2. The van der Waals surface area contributed by atoms with Crippen molar-refractivity contribution in [2.75, 3.05) is 5.32 Å². The highest BCUT2D eigenvalue weighted by atomic mass is 79.9. The molecule has 1 rings (SSSR count). The number of hydrogen-bond acceptors (Lipinski definition) is 2. The van der Waals surface area contributed by atoms with Gasteiger partial charge in [-0.05, 0) is 30.7 Å². The first-order valence-electron chi connectivity index (χ1n) is 6.45. The Bertz CT molecular complexity index is 365. The lowest BCUT2D eigenvalue weighted by Gasteiger charge is -2.16. The van der Waals surface area contributed by atoms with Gasteiger partial charge in [0.05, 0.1) is 0 Å². The number of nitrogens with two attached hydrogens (primary N) is 1. The number of primary amides is 1. The van der Waals surface area contributed by atoms with Crippen molar-refractivity contribution in [2.45, 2.75) is 45.1 Å². The van der Waals surface area contributed by atoms with Crippen molar-refractivity contribution < 1.29 is 4.79 Å². The third-order valence-electron chi connectivity index (χ3n) is 2.87. The number of amides is 1. The minimum atomic E-state index is -0.283. The third-order valence-corrected chi connectivity index (χ3v) is 3.40. The minimum absolute atomic E-state index is 0.275. The average Bonchev–Trinajstić information content (AvgIpc) is 2.35. The van der Waals surface area contributed by atoms with Gasteiger partial charge in [-0.25, -0.2) is 0 Å². The predicted octanol–water partition coefficient (Wildman–Crippen LogP) is 3.69. The van der Waals surface area contributed by atoms with E-state index in [-0.39, 0.29) is 11.9 Å². The summed E-state index contributed by atoms with van der Waals surface area (Å²) in [6.07, 6.45) is 5.39. The summed E-state index contributed by atoms with van der Waals surface area (Å²) in [5.74, 6) is -0.283. The van der Waals surface area contributed by atoms with Gasteiger partial charge in [-0.1, -0.05) is 48.5 Å². The molecule has 0 radical (unpaired) electrons. The maximum absolute atomic E-state index is 11.4. The molecule has 0 aliphatic rings. The monoisotopic (exact) mass is 312 g/mol. The van der Waals surface area contributed by atoms with Gasteiger partial charge in [-0.2, -0.15) is 0 Å². The molecule has 3 N–H and O–H groups in total. The van der Waals surface area contributed by atoms with Gasteiger partial charge in [0, 0.05) is 10.2 Å². The summed E-state index contributed by atoms with van der Waals surface area (Å²) in [6.45, 7) is 2.17. The second-order valence-electron chi connectivity index (χ2n) is 4.46. The van der Waals surface area contributed by atoms with Gasteiger partial charge in [0.15, 0.2) is 0 Å². The molecule has 4 heteroatoms. The Kier molecular flexibility index (Phi) is 6.80. The first kappa shape index (κ1) is 15.0. The van der Waals surface area contributed by atoms with Gasteiger partial charge in [-0.15, -0.1) is 0 Å². The molecule has 1 aromatic rings. The van der Waals surface area contributed by atoms with Crippen LogP contribution in [0.3, 0.4) is 0 Å². The van der Waals surface area contributed by atoms with Crippen LogP contribution in [0.4, 0.5) is 5.69 Å². The first-order valence-corrected chi connectivity index (χ1v) is 7.24. The van der Waals surface area contributed by atoms with E-state index in [0.717, 1.165) is 29.4 Å². The highest BCUT2D eigenvalue weighted by Crippen LogP contribution is 2.16. The van der Waals surface area contributed by atoms with Crippen molar-refractivity contribution in [2.24, 2.45) is 5.73 Å². The van der Waals surface area contributed by atoms with Gasteiger partial charge in [0.1, 0.15) is 6.04 Å². The Hall–Kier alpha value is -1.03. The summed E-state index contributed by atoms with van der Waals surface area (Å²) in [7, 11) is 0. The molecule has 18 heavy (non-hydrogen) atoms. The van der Waals surface area contributed by atoms with E-state index in [9.17, 15) is 4.79 Å². The van der Waals surface area contributed by atoms with Crippen molar-refractivity contribution in [3.63, 3.8) is 0 Å². The lowest BCUT2D eigenvalue weighted by atomic mass is 10.1. The van der Waals surface area contributed by atoms with Crippen molar-refractivity contribution >= 4 is 27.5 Å². The summed E-state index contributed by atoms with van der Waals surface area (Å²) in [5, 5.41) is 3.19. The number of anilines is 1. The molecule has 0 bridgehead atoms. The van der Waals surface area contributed by atoms with Crippen LogP contribution in [0, 0.1) is 0 Å². The van der Waals surface area contributed by atoms with Gasteiger partial charge >= 0.3 is 0 Å². The SMILES string of the molecule is CCCCCCC(Nc1ccc(Br)cc1)C(N)=O. The van der Waals surface area contributed by atoms with Gasteiger partial charge in [0.2, 0.25) is 5.91 Å². The lowest BCUT2D eigenvalue weighted by molar-refractivity contribution is -0.118. The fraction of sp³-hybridized carbons (Fsp3) is 0.500. The highest BCUT2D eigenvalue weighted by Gasteiger charge is 2.14.